The first-order valence-electron chi connectivity index (χ1n) is 7.22. The zero-order valence-corrected chi connectivity index (χ0v) is 13.7. The number of nitro benzene ring substituents is 1. The second-order valence-electron chi connectivity index (χ2n) is 5.57. The van der Waals surface area contributed by atoms with Gasteiger partial charge >= 0.3 is 0 Å². The molecule has 0 aliphatic carbocycles. The Kier molecular flexibility index (Phi) is 6.77. The van der Waals surface area contributed by atoms with Crippen molar-refractivity contribution < 1.29 is 9.72 Å². The van der Waals surface area contributed by atoms with Gasteiger partial charge in [0.1, 0.15) is 0 Å². The Morgan fingerprint density at radius 1 is 1.50 bits per heavy atom. The van der Waals surface area contributed by atoms with Crippen molar-refractivity contribution in [2.45, 2.75) is 19.8 Å². The highest BCUT2D eigenvalue weighted by Gasteiger charge is 2.26. The summed E-state index contributed by atoms with van der Waals surface area (Å²) in [4.78, 5) is 24.9. The van der Waals surface area contributed by atoms with Gasteiger partial charge in [-0.1, -0.05) is 6.07 Å². The molecule has 0 bridgehead atoms. The van der Waals surface area contributed by atoms with E-state index in [-0.39, 0.29) is 24.0 Å². The SMILES string of the molecule is CNCC1CCCN(C(=O)c2cc([N+](=O)[O-])ccc2C)C1.Cl. The monoisotopic (exact) mass is 327 g/mol. The van der Waals surface area contributed by atoms with Crippen LogP contribution in [0.5, 0.6) is 0 Å². The van der Waals surface area contributed by atoms with Crippen LogP contribution < -0.4 is 5.32 Å². The molecule has 1 fully saturated rings. The van der Waals surface area contributed by atoms with Gasteiger partial charge in [0.15, 0.2) is 0 Å². The van der Waals surface area contributed by atoms with E-state index < -0.39 is 4.92 Å². The van der Waals surface area contributed by atoms with Gasteiger partial charge in [0, 0.05) is 30.8 Å². The topological polar surface area (TPSA) is 75.5 Å². The Labute approximate surface area is 136 Å². The molecule has 6 nitrogen and oxygen atoms in total. The van der Waals surface area contributed by atoms with Crippen molar-refractivity contribution in [1.82, 2.24) is 10.2 Å². The van der Waals surface area contributed by atoms with E-state index in [9.17, 15) is 14.9 Å². The third-order valence-electron chi connectivity index (χ3n) is 3.96. The third kappa shape index (κ3) is 4.18. The molecule has 0 radical (unpaired) electrons. The average molecular weight is 328 g/mol. The maximum atomic E-state index is 12.6. The molecule has 7 heteroatoms. The van der Waals surface area contributed by atoms with Crippen LogP contribution in [0.2, 0.25) is 0 Å². The van der Waals surface area contributed by atoms with E-state index in [1.807, 2.05) is 18.9 Å². The fourth-order valence-electron chi connectivity index (χ4n) is 2.83. The second-order valence-corrected chi connectivity index (χ2v) is 5.57. The number of piperidine rings is 1. The average Bonchev–Trinajstić information content (AvgIpc) is 2.47. The van der Waals surface area contributed by atoms with Crippen molar-refractivity contribution in [3.05, 3.63) is 39.4 Å². The van der Waals surface area contributed by atoms with Crippen LogP contribution in [0, 0.1) is 23.0 Å². The van der Waals surface area contributed by atoms with E-state index in [0.717, 1.165) is 31.5 Å². The van der Waals surface area contributed by atoms with Crippen LogP contribution in [0.3, 0.4) is 0 Å². The van der Waals surface area contributed by atoms with Gasteiger partial charge in [-0.2, -0.15) is 0 Å². The van der Waals surface area contributed by atoms with Crippen molar-refractivity contribution in [3.63, 3.8) is 0 Å². The molecule has 1 atom stereocenters. The van der Waals surface area contributed by atoms with Gasteiger partial charge in [0.05, 0.1) is 4.92 Å². The second kappa shape index (κ2) is 8.10. The lowest BCUT2D eigenvalue weighted by atomic mass is 9.96. The van der Waals surface area contributed by atoms with E-state index in [0.29, 0.717) is 18.0 Å². The molecule has 2 rings (SSSR count). The minimum absolute atomic E-state index is 0. The first-order chi connectivity index (χ1) is 10.0. The number of nitrogens with one attached hydrogen (secondary N) is 1. The highest BCUT2D eigenvalue weighted by Crippen LogP contribution is 2.22. The van der Waals surface area contributed by atoms with Gasteiger partial charge in [0.2, 0.25) is 0 Å². The van der Waals surface area contributed by atoms with Crippen LogP contribution in [0.1, 0.15) is 28.8 Å². The molecule has 122 valence electrons. The van der Waals surface area contributed by atoms with Gasteiger partial charge in [-0.05, 0) is 44.8 Å². The third-order valence-corrected chi connectivity index (χ3v) is 3.96. The lowest BCUT2D eigenvalue weighted by Gasteiger charge is -2.33. The van der Waals surface area contributed by atoms with Crippen LogP contribution in [0.15, 0.2) is 18.2 Å². The number of hydrogen-bond acceptors (Lipinski definition) is 4. The number of hydrogen-bond donors (Lipinski definition) is 1. The molecule has 22 heavy (non-hydrogen) atoms. The highest BCUT2D eigenvalue weighted by atomic mass is 35.5. The number of carbonyl (C=O) groups excluding carboxylic acids is 1. The number of nitrogens with zero attached hydrogens (tertiary/aromatic N) is 2. The van der Waals surface area contributed by atoms with Gasteiger partial charge in [-0.15, -0.1) is 12.4 Å². The van der Waals surface area contributed by atoms with Crippen LogP contribution in [0.4, 0.5) is 5.69 Å². The predicted molar refractivity (Wildman–Crippen MR) is 87.6 cm³/mol. The summed E-state index contributed by atoms with van der Waals surface area (Å²) in [7, 11) is 1.91. The molecule has 1 saturated heterocycles. The standard InChI is InChI=1S/C15H21N3O3.ClH/c1-11-5-6-13(18(20)21)8-14(11)15(19)17-7-3-4-12(10-17)9-16-2;/h5-6,8,12,16H,3-4,7,9-10H2,1-2H3;1H. The fraction of sp³-hybridized carbons (Fsp3) is 0.533. The number of benzene rings is 1. The molecule has 0 aromatic heterocycles. The molecular weight excluding hydrogens is 306 g/mol. The normalized spacial score (nSPS) is 17.7. The number of aryl methyl sites for hydroxylation is 1. The zero-order valence-electron chi connectivity index (χ0n) is 12.9. The van der Waals surface area contributed by atoms with Gasteiger partial charge in [-0.25, -0.2) is 0 Å². The summed E-state index contributed by atoms with van der Waals surface area (Å²) in [6, 6.07) is 4.46. The zero-order chi connectivity index (χ0) is 15.4. The molecule has 1 amide bonds. The Balaban J connectivity index is 0.00000242. The number of carbonyl (C=O) groups is 1. The fourth-order valence-corrected chi connectivity index (χ4v) is 2.83. The number of halogens is 1. The smallest absolute Gasteiger partial charge is 0.270 e. The Hall–Kier alpha value is -1.66. The summed E-state index contributed by atoms with van der Waals surface area (Å²) in [6.07, 6.45) is 2.09. The Bertz CT molecular complexity index is 549. The van der Waals surface area contributed by atoms with Crippen LogP contribution in [-0.2, 0) is 0 Å². The van der Waals surface area contributed by atoms with Crippen molar-refractivity contribution in [3.8, 4) is 0 Å². The largest absolute Gasteiger partial charge is 0.338 e. The van der Waals surface area contributed by atoms with Crippen molar-refractivity contribution in [2.24, 2.45) is 5.92 Å². The molecule has 0 spiro atoms. The van der Waals surface area contributed by atoms with Gasteiger partial charge in [-0.3, -0.25) is 14.9 Å². The van der Waals surface area contributed by atoms with Crippen LogP contribution >= 0.6 is 12.4 Å². The summed E-state index contributed by atoms with van der Waals surface area (Å²) in [5, 5.41) is 14.0. The number of non-ortho nitro benzene ring substituents is 1. The molecule has 1 aromatic rings. The predicted octanol–water partition coefficient (Wildman–Crippen LogP) is 2.40. The van der Waals surface area contributed by atoms with Gasteiger partial charge in [0.25, 0.3) is 11.6 Å². The van der Waals surface area contributed by atoms with Crippen LogP contribution in [0.25, 0.3) is 0 Å². The van der Waals surface area contributed by atoms with E-state index in [1.54, 1.807) is 6.07 Å². The lowest BCUT2D eigenvalue weighted by Crippen LogP contribution is -2.42. The molecule has 1 heterocycles. The number of likely N-dealkylation sites (tertiary alicyclic amines) is 1. The first kappa shape index (κ1) is 18.4. The summed E-state index contributed by atoms with van der Waals surface area (Å²) >= 11 is 0. The van der Waals surface area contributed by atoms with Crippen molar-refractivity contribution in [2.75, 3.05) is 26.7 Å². The van der Waals surface area contributed by atoms with Crippen LogP contribution in [-0.4, -0.2) is 42.4 Å². The first-order valence-corrected chi connectivity index (χ1v) is 7.22. The molecule has 1 aliphatic heterocycles. The quantitative estimate of drug-likeness (QED) is 0.680. The minimum Gasteiger partial charge on any atom is -0.338 e. The molecule has 0 saturated carbocycles. The van der Waals surface area contributed by atoms with Crippen molar-refractivity contribution in [1.29, 1.82) is 0 Å². The molecule has 1 N–H and O–H groups in total. The Morgan fingerprint density at radius 2 is 2.23 bits per heavy atom. The minimum atomic E-state index is -0.462. The molecule has 1 aliphatic rings. The maximum absolute atomic E-state index is 12.6. The van der Waals surface area contributed by atoms with E-state index in [4.69, 9.17) is 0 Å². The van der Waals surface area contributed by atoms with E-state index >= 15 is 0 Å². The van der Waals surface area contributed by atoms with Crippen molar-refractivity contribution >= 4 is 24.0 Å². The van der Waals surface area contributed by atoms with E-state index in [1.165, 1.54) is 12.1 Å². The molecule has 1 unspecified atom stereocenters. The highest BCUT2D eigenvalue weighted by molar-refractivity contribution is 5.96. The maximum Gasteiger partial charge on any atom is 0.270 e. The van der Waals surface area contributed by atoms with Gasteiger partial charge < -0.3 is 10.2 Å². The van der Waals surface area contributed by atoms with E-state index in [2.05, 4.69) is 5.32 Å². The summed E-state index contributed by atoms with van der Waals surface area (Å²) in [6.45, 7) is 4.13. The Morgan fingerprint density at radius 3 is 2.86 bits per heavy atom. The molecular formula is C15H22ClN3O3. The summed E-state index contributed by atoms with van der Waals surface area (Å²) in [5.74, 6) is 0.351. The summed E-state index contributed by atoms with van der Waals surface area (Å²) < 4.78 is 0. The summed E-state index contributed by atoms with van der Waals surface area (Å²) in [5.41, 5.74) is 1.18. The number of nitro groups is 1. The molecule has 1 aromatic carbocycles. The number of rotatable bonds is 4. The lowest BCUT2D eigenvalue weighted by molar-refractivity contribution is -0.384. The number of amides is 1.